The van der Waals surface area contributed by atoms with Gasteiger partial charge in [-0.15, -0.1) is 0 Å². The quantitative estimate of drug-likeness (QED) is 0.751. The molecule has 0 aliphatic heterocycles. The van der Waals surface area contributed by atoms with Crippen LogP contribution in [0.3, 0.4) is 0 Å². The summed E-state index contributed by atoms with van der Waals surface area (Å²) in [6.45, 7) is 12.1. The molecule has 0 unspecified atom stereocenters. The lowest BCUT2D eigenvalue weighted by Gasteiger charge is -2.03. The summed E-state index contributed by atoms with van der Waals surface area (Å²) in [6, 6.07) is 4.06. The zero-order valence-corrected chi connectivity index (χ0v) is 11.7. The molecule has 1 aromatic carbocycles. The number of fused-ring (bicyclic) bond motifs is 1. The first-order chi connectivity index (χ1) is 8.18. The van der Waals surface area contributed by atoms with E-state index in [1.54, 1.807) is 0 Å². The molecule has 94 valence electrons. The summed E-state index contributed by atoms with van der Waals surface area (Å²) in [6.07, 6.45) is 1.49. The number of nitrogens with zero attached hydrogens (tertiary/aromatic N) is 2. The molecule has 2 aromatic rings. The molecule has 3 nitrogen and oxygen atoms in total. The Morgan fingerprint density at radius 2 is 1.41 bits per heavy atom. The van der Waals surface area contributed by atoms with Crippen LogP contribution in [0.15, 0.2) is 18.5 Å². The van der Waals surface area contributed by atoms with Crippen molar-refractivity contribution in [1.29, 1.82) is 0 Å². The number of benzene rings is 1. The van der Waals surface area contributed by atoms with E-state index < -0.39 is 0 Å². The molecule has 0 spiro atoms. The Kier molecular flexibility index (Phi) is 6.87. The van der Waals surface area contributed by atoms with Gasteiger partial charge < -0.3 is 5.73 Å². The maximum atomic E-state index is 5.72. The van der Waals surface area contributed by atoms with Crippen LogP contribution in [-0.2, 0) is 0 Å². The monoisotopic (exact) mass is 233 g/mol. The van der Waals surface area contributed by atoms with E-state index in [-0.39, 0.29) is 0 Å². The molecule has 0 atom stereocenters. The van der Waals surface area contributed by atoms with Gasteiger partial charge in [0.1, 0.15) is 12.1 Å². The average molecular weight is 233 g/mol. The third-order valence-corrected chi connectivity index (χ3v) is 2.28. The van der Waals surface area contributed by atoms with Gasteiger partial charge in [0, 0.05) is 5.39 Å². The van der Waals surface area contributed by atoms with Crippen molar-refractivity contribution >= 4 is 16.7 Å². The molecule has 0 saturated heterocycles. The van der Waals surface area contributed by atoms with Crippen molar-refractivity contribution < 1.29 is 0 Å². The number of nitrogen functional groups attached to an aromatic ring is 1. The normalized spacial score (nSPS) is 8.82. The van der Waals surface area contributed by atoms with Crippen molar-refractivity contribution in [2.24, 2.45) is 0 Å². The summed E-state index contributed by atoms with van der Waals surface area (Å²) in [5.41, 5.74) is 9.08. The Balaban J connectivity index is 0.000000581. The third kappa shape index (κ3) is 3.70. The van der Waals surface area contributed by atoms with E-state index in [4.69, 9.17) is 5.73 Å². The first kappa shape index (κ1) is 15.4. The maximum absolute atomic E-state index is 5.72. The van der Waals surface area contributed by atoms with Crippen molar-refractivity contribution in [3.8, 4) is 0 Å². The Morgan fingerprint density at radius 3 is 2.00 bits per heavy atom. The fourth-order valence-electron chi connectivity index (χ4n) is 1.34. The van der Waals surface area contributed by atoms with Crippen LogP contribution in [-0.4, -0.2) is 9.97 Å². The molecular weight excluding hydrogens is 210 g/mol. The van der Waals surface area contributed by atoms with Crippen LogP contribution in [0.4, 0.5) is 5.82 Å². The van der Waals surface area contributed by atoms with E-state index in [1.165, 1.54) is 17.5 Å². The van der Waals surface area contributed by atoms with Crippen LogP contribution in [0.1, 0.15) is 38.8 Å². The van der Waals surface area contributed by atoms with Crippen molar-refractivity contribution in [1.82, 2.24) is 9.97 Å². The molecule has 17 heavy (non-hydrogen) atoms. The fraction of sp³-hybridized carbons (Fsp3) is 0.429. The number of aryl methyl sites for hydroxylation is 2. The Labute approximate surface area is 104 Å². The molecule has 0 saturated carbocycles. The minimum absolute atomic E-state index is 0.549. The molecule has 0 amide bonds. The largest absolute Gasteiger partial charge is 0.383 e. The van der Waals surface area contributed by atoms with E-state index in [0.29, 0.717) is 5.82 Å². The van der Waals surface area contributed by atoms with Gasteiger partial charge in [0.15, 0.2) is 0 Å². The molecule has 0 aliphatic carbocycles. The van der Waals surface area contributed by atoms with Gasteiger partial charge >= 0.3 is 0 Å². The van der Waals surface area contributed by atoms with Gasteiger partial charge in [-0.3, -0.25) is 0 Å². The number of aromatic nitrogens is 2. The van der Waals surface area contributed by atoms with E-state index >= 15 is 0 Å². The van der Waals surface area contributed by atoms with Crippen molar-refractivity contribution in [2.75, 3.05) is 5.73 Å². The van der Waals surface area contributed by atoms with Gasteiger partial charge in [-0.05, 0) is 37.1 Å². The van der Waals surface area contributed by atoms with Gasteiger partial charge in [-0.25, -0.2) is 9.97 Å². The number of hydrogen-bond donors (Lipinski definition) is 1. The van der Waals surface area contributed by atoms with E-state index in [9.17, 15) is 0 Å². The highest BCUT2D eigenvalue weighted by molar-refractivity contribution is 5.88. The molecule has 0 aliphatic rings. The molecule has 0 bridgehead atoms. The summed E-state index contributed by atoms with van der Waals surface area (Å²) < 4.78 is 0. The van der Waals surface area contributed by atoms with Gasteiger partial charge in [0.2, 0.25) is 0 Å². The predicted molar refractivity (Wildman–Crippen MR) is 76.1 cm³/mol. The van der Waals surface area contributed by atoms with Crippen LogP contribution < -0.4 is 5.73 Å². The number of nitrogens with two attached hydrogens (primary N) is 1. The molecule has 0 radical (unpaired) electrons. The smallest absolute Gasteiger partial charge is 0.134 e. The fourth-order valence-corrected chi connectivity index (χ4v) is 1.34. The highest BCUT2D eigenvalue weighted by atomic mass is 14.9. The average Bonchev–Trinajstić information content (AvgIpc) is 2.37. The predicted octanol–water partition coefficient (Wildman–Crippen LogP) is 3.88. The number of anilines is 1. The molecule has 1 aromatic heterocycles. The standard InChI is InChI=1S/C10H11N3.2C2H6/c1-6-3-8-9(4-7(6)2)12-5-13-10(8)11;2*1-2/h3-5H,1-2H3,(H2,11,12,13);2*1-2H3. The Hall–Kier alpha value is -1.64. The van der Waals surface area contributed by atoms with Crippen molar-refractivity contribution in [3.05, 3.63) is 29.6 Å². The number of rotatable bonds is 0. The summed E-state index contributed by atoms with van der Waals surface area (Å²) in [4.78, 5) is 8.10. The Morgan fingerprint density at radius 1 is 0.882 bits per heavy atom. The highest BCUT2D eigenvalue weighted by Crippen LogP contribution is 2.20. The van der Waals surface area contributed by atoms with Crippen LogP contribution in [0.5, 0.6) is 0 Å². The van der Waals surface area contributed by atoms with Crippen LogP contribution in [0, 0.1) is 13.8 Å². The van der Waals surface area contributed by atoms with Crippen LogP contribution in [0.25, 0.3) is 10.9 Å². The third-order valence-electron chi connectivity index (χ3n) is 2.28. The highest BCUT2D eigenvalue weighted by Gasteiger charge is 2.01. The van der Waals surface area contributed by atoms with E-state index in [2.05, 4.69) is 23.8 Å². The minimum Gasteiger partial charge on any atom is -0.383 e. The molecular formula is C14H23N3. The van der Waals surface area contributed by atoms with E-state index in [0.717, 1.165) is 10.9 Å². The first-order valence-corrected chi connectivity index (χ1v) is 6.16. The molecule has 2 N–H and O–H groups in total. The molecule has 2 rings (SSSR count). The zero-order valence-electron chi connectivity index (χ0n) is 11.7. The van der Waals surface area contributed by atoms with E-state index in [1.807, 2.05) is 39.8 Å². The van der Waals surface area contributed by atoms with Gasteiger partial charge in [0.25, 0.3) is 0 Å². The Bertz CT molecular complexity index is 464. The summed E-state index contributed by atoms with van der Waals surface area (Å²) in [7, 11) is 0. The van der Waals surface area contributed by atoms with Gasteiger partial charge in [-0.1, -0.05) is 27.7 Å². The number of hydrogen-bond acceptors (Lipinski definition) is 3. The SMILES string of the molecule is CC.CC.Cc1cc2ncnc(N)c2cc1C. The summed E-state index contributed by atoms with van der Waals surface area (Å²) in [5, 5.41) is 0.936. The molecule has 0 fully saturated rings. The second-order valence-electron chi connectivity index (χ2n) is 3.21. The lowest BCUT2D eigenvalue weighted by Crippen LogP contribution is -1.94. The lowest BCUT2D eigenvalue weighted by atomic mass is 10.1. The minimum atomic E-state index is 0.549. The maximum Gasteiger partial charge on any atom is 0.134 e. The summed E-state index contributed by atoms with van der Waals surface area (Å²) >= 11 is 0. The lowest BCUT2D eigenvalue weighted by molar-refractivity contribution is 1.22. The van der Waals surface area contributed by atoms with Crippen LogP contribution >= 0.6 is 0 Å². The molecule has 3 heteroatoms. The zero-order chi connectivity index (χ0) is 13.4. The van der Waals surface area contributed by atoms with Crippen LogP contribution in [0.2, 0.25) is 0 Å². The van der Waals surface area contributed by atoms with Crippen molar-refractivity contribution in [2.45, 2.75) is 41.5 Å². The van der Waals surface area contributed by atoms with Gasteiger partial charge in [-0.2, -0.15) is 0 Å². The molecule has 1 heterocycles. The second kappa shape index (κ2) is 7.60. The van der Waals surface area contributed by atoms with Crippen molar-refractivity contribution in [3.63, 3.8) is 0 Å². The summed E-state index contributed by atoms with van der Waals surface area (Å²) in [5.74, 6) is 0.549. The first-order valence-electron chi connectivity index (χ1n) is 6.16. The van der Waals surface area contributed by atoms with Gasteiger partial charge in [0.05, 0.1) is 5.52 Å². The topological polar surface area (TPSA) is 51.8 Å². The second-order valence-corrected chi connectivity index (χ2v) is 3.21.